The SMILES string of the molecule is CCOC(=O)c1sc(NC(=O)CCCOc2ccc(C(C)C)cc2)c(C#N)c1C. The predicted molar refractivity (Wildman–Crippen MR) is 114 cm³/mol. The van der Waals surface area contributed by atoms with Gasteiger partial charge in [0, 0.05) is 6.42 Å². The third-order valence-corrected chi connectivity index (χ3v) is 5.52. The quantitative estimate of drug-likeness (QED) is 0.459. The zero-order chi connectivity index (χ0) is 21.4. The van der Waals surface area contributed by atoms with Gasteiger partial charge in [-0.25, -0.2) is 4.79 Å². The van der Waals surface area contributed by atoms with E-state index in [1.54, 1.807) is 13.8 Å². The lowest BCUT2D eigenvalue weighted by Gasteiger charge is -2.09. The van der Waals surface area contributed by atoms with E-state index in [9.17, 15) is 14.9 Å². The van der Waals surface area contributed by atoms with E-state index in [0.717, 1.165) is 17.1 Å². The van der Waals surface area contributed by atoms with E-state index in [-0.39, 0.29) is 18.9 Å². The summed E-state index contributed by atoms with van der Waals surface area (Å²) in [6, 6.07) is 9.99. The van der Waals surface area contributed by atoms with Gasteiger partial charge in [0.15, 0.2) is 0 Å². The molecule has 1 N–H and O–H groups in total. The minimum absolute atomic E-state index is 0.225. The van der Waals surface area contributed by atoms with E-state index in [2.05, 4.69) is 25.2 Å². The molecule has 0 unspecified atom stereocenters. The Hall–Kier alpha value is -2.85. The Morgan fingerprint density at radius 1 is 1.24 bits per heavy atom. The second-order valence-corrected chi connectivity index (χ2v) is 7.84. The highest BCUT2D eigenvalue weighted by Crippen LogP contribution is 2.33. The number of ether oxygens (including phenoxy) is 2. The number of nitrogens with one attached hydrogen (secondary N) is 1. The van der Waals surface area contributed by atoms with Crippen LogP contribution in [0.4, 0.5) is 5.00 Å². The topological polar surface area (TPSA) is 88.4 Å². The Balaban J connectivity index is 1.87. The highest BCUT2D eigenvalue weighted by atomic mass is 32.1. The van der Waals surface area contributed by atoms with E-state index in [1.165, 1.54) is 5.56 Å². The zero-order valence-corrected chi connectivity index (χ0v) is 18.0. The summed E-state index contributed by atoms with van der Waals surface area (Å²) in [4.78, 5) is 24.6. The molecule has 0 atom stereocenters. The van der Waals surface area contributed by atoms with Gasteiger partial charge >= 0.3 is 5.97 Å². The number of amides is 1. The Bertz CT molecular complexity index is 895. The van der Waals surface area contributed by atoms with Crippen molar-refractivity contribution in [2.45, 2.75) is 46.5 Å². The molecule has 0 aliphatic rings. The molecule has 154 valence electrons. The lowest BCUT2D eigenvalue weighted by atomic mass is 10.0. The first kappa shape index (κ1) is 22.4. The van der Waals surface area contributed by atoms with Crippen LogP contribution >= 0.6 is 11.3 Å². The van der Waals surface area contributed by atoms with Crippen LogP contribution in [0.2, 0.25) is 0 Å². The number of rotatable bonds is 9. The van der Waals surface area contributed by atoms with E-state index in [1.807, 2.05) is 24.3 Å². The first-order valence-electron chi connectivity index (χ1n) is 9.60. The minimum atomic E-state index is -0.483. The third-order valence-electron chi connectivity index (χ3n) is 4.34. The molecule has 0 spiro atoms. The third kappa shape index (κ3) is 6.06. The van der Waals surface area contributed by atoms with E-state index < -0.39 is 5.97 Å². The second kappa shape index (κ2) is 10.6. The molecule has 2 rings (SSSR count). The Morgan fingerprint density at radius 3 is 2.52 bits per heavy atom. The van der Waals surface area contributed by atoms with Gasteiger partial charge in [-0.2, -0.15) is 5.26 Å². The molecule has 0 saturated carbocycles. The predicted octanol–water partition coefficient (Wildman–Crippen LogP) is 5.03. The largest absolute Gasteiger partial charge is 0.494 e. The number of carbonyl (C=O) groups is 2. The number of esters is 1. The van der Waals surface area contributed by atoms with Crippen molar-refractivity contribution in [1.29, 1.82) is 5.26 Å². The van der Waals surface area contributed by atoms with Crippen molar-refractivity contribution in [1.82, 2.24) is 0 Å². The monoisotopic (exact) mass is 414 g/mol. The van der Waals surface area contributed by atoms with Crippen molar-refractivity contribution >= 4 is 28.2 Å². The van der Waals surface area contributed by atoms with Crippen molar-refractivity contribution < 1.29 is 19.1 Å². The molecular weight excluding hydrogens is 388 g/mol. The number of benzene rings is 1. The van der Waals surface area contributed by atoms with Crippen LogP contribution in [0.5, 0.6) is 5.75 Å². The summed E-state index contributed by atoms with van der Waals surface area (Å²) in [6.45, 7) is 8.33. The van der Waals surface area contributed by atoms with Crippen LogP contribution in [0.15, 0.2) is 24.3 Å². The summed E-state index contributed by atoms with van der Waals surface area (Å²) in [5, 5.41) is 12.5. The maximum absolute atomic E-state index is 12.2. The van der Waals surface area contributed by atoms with Gasteiger partial charge in [0.1, 0.15) is 21.7 Å². The van der Waals surface area contributed by atoms with Gasteiger partial charge in [-0.15, -0.1) is 11.3 Å². The standard InChI is InChI=1S/C22H26N2O4S/c1-5-27-22(26)20-15(4)18(13-23)21(29-20)24-19(25)7-6-12-28-17-10-8-16(9-11-17)14(2)3/h8-11,14H,5-7,12H2,1-4H3,(H,24,25). The number of anilines is 1. The van der Waals surface area contributed by atoms with Gasteiger partial charge < -0.3 is 14.8 Å². The highest BCUT2D eigenvalue weighted by molar-refractivity contribution is 7.18. The van der Waals surface area contributed by atoms with Crippen LogP contribution in [0, 0.1) is 18.3 Å². The Labute approximate surface area is 175 Å². The molecule has 29 heavy (non-hydrogen) atoms. The van der Waals surface area contributed by atoms with Crippen LogP contribution in [0.25, 0.3) is 0 Å². The molecule has 2 aromatic rings. The van der Waals surface area contributed by atoms with E-state index in [4.69, 9.17) is 9.47 Å². The van der Waals surface area contributed by atoms with Crippen molar-refractivity contribution in [3.63, 3.8) is 0 Å². The van der Waals surface area contributed by atoms with Gasteiger partial charge in [0.05, 0.1) is 18.8 Å². The fraction of sp³-hybridized carbons (Fsp3) is 0.409. The lowest BCUT2D eigenvalue weighted by Crippen LogP contribution is -2.12. The fourth-order valence-corrected chi connectivity index (χ4v) is 3.76. The smallest absolute Gasteiger partial charge is 0.348 e. The molecule has 1 aromatic carbocycles. The fourth-order valence-electron chi connectivity index (χ4n) is 2.69. The molecule has 0 saturated heterocycles. The van der Waals surface area contributed by atoms with Gasteiger partial charge in [-0.3, -0.25) is 4.79 Å². The number of thiophene rings is 1. The summed E-state index contributed by atoms with van der Waals surface area (Å²) in [7, 11) is 0. The van der Waals surface area contributed by atoms with Crippen molar-refractivity contribution in [2.75, 3.05) is 18.5 Å². The summed E-state index contributed by atoms with van der Waals surface area (Å²) in [5.74, 6) is 0.534. The minimum Gasteiger partial charge on any atom is -0.494 e. The first-order chi connectivity index (χ1) is 13.9. The first-order valence-corrected chi connectivity index (χ1v) is 10.4. The normalized spacial score (nSPS) is 10.5. The highest BCUT2D eigenvalue weighted by Gasteiger charge is 2.22. The van der Waals surface area contributed by atoms with Crippen LogP contribution in [-0.4, -0.2) is 25.1 Å². The number of nitriles is 1. The molecule has 0 bridgehead atoms. The summed E-state index contributed by atoms with van der Waals surface area (Å²) in [5.41, 5.74) is 2.07. The van der Waals surface area contributed by atoms with Crippen molar-refractivity contribution in [3.8, 4) is 11.8 Å². The van der Waals surface area contributed by atoms with Gasteiger partial charge in [0.2, 0.25) is 5.91 Å². The molecule has 0 fully saturated rings. The van der Waals surface area contributed by atoms with Crippen LogP contribution in [0.1, 0.15) is 65.9 Å². The van der Waals surface area contributed by atoms with Crippen LogP contribution in [0.3, 0.4) is 0 Å². The molecule has 7 heteroatoms. The Morgan fingerprint density at radius 2 is 1.93 bits per heavy atom. The average molecular weight is 415 g/mol. The van der Waals surface area contributed by atoms with Crippen LogP contribution in [-0.2, 0) is 9.53 Å². The molecule has 0 aliphatic carbocycles. The maximum Gasteiger partial charge on any atom is 0.348 e. The van der Waals surface area contributed by atoms with Gasteiger partial charge in [-0.05, 0) is 49.4 Å². The molecule has 6 nitrogen and oxygen atoms in total. The number of hydrogen-bond acceptors (Lipinski definition) is 6. The molecule has 1 heterocycles. The summed E-state index contributed by atoms with van der Waals surface area (Å²) >= 11 is 1.07. The summed E-state index contributed by atoms with van der Waals surface area (Å²) in [6.07, 6.45) is 0.787. The molecular formula is C22H26N2O4S. The Kier molecular flexibility index (Phi) is 8.22. The maximum atomic E-state index is 12.2. The molecule has 1 amide bonds. The van der Waals surface area contributed by atoms with Crippen molar-refractivity contribution in [2.24, 2.45) is 0 Å². The zero-order valence-electron chi connectivity index (χ0n) is 17.2. The number of hydrogen-bond donors (Lipinski definition) is 1. The molecule has 0 radical (unpaired) electrons. The lowest BCUT2D eigenvalue weighted by molar-refractivity contribution is -0.116. The van der Waals surface area contributed by atoms with Crippen molar-refractivity contribution in [3.05, 3.63) is 45.8 Å². The van der Waals surface area contributed by atoms with Gasteiger partial charge in [-0.1, -0.05) is 26.0 Å². The van der Waals surface area contributed by atoms with E-state index in [0.29, 0.717) is 40.0 Å². The second-order valence-electron chi connectivity index (χ2n) is 6.82. The van der Waals surface area contributed by atoms with Crippen LogP contribution < -0.4 is 10.1 Å². The number of nitrogens with zero attached hydrogens (tertiary/aromatic N) is 1. The molecule has 1 aromatic heterocycles. The average Bonchev–Trinajstić information content (AvgIpc) is 3.01. The summed E-state index contributed by atoms with van der Waals surface area (Å²) < 4.78 is 10.7. The van der Waals surface area contributed by atoms with Gasteiger partial charge in [0.25, 0.3) is 0 Å². The molecule has 0 aliphatic heterocycles. The van der Waals surface area contributed by atoms with E-state index >= 15 is 0 Å². The number of carbonyl (C=O) groups excluding carboxylic acids is 2.